The van der Waals surface area contributed by atoms with Gasteiger partial charge in [-0.25, -0.2) is 9.97 Å². The molecular formula is C19H26F3IN6. The number of aromatic nitrogens is 2. The van der Waals surface area contributed by atoms with Crippen LogP contribution < -0.4 is 16.0 Å². The van der Waals surface area contributed by atoms with Gasteiger partial charge in [-0.3, -0.25) is 4.99 Å². The number of halogens is 4. The van der Waals surface area contributed by atoms with Crippen molar-refractivity contribution in [2.24, 2.45) is 4.99 Å². The average molecular weight is 522 g/mol. The lowest BCUT2D eigenvalue weighted by molar-refractivity contribution is -0.141. The van der Waals surface area contributed by atoms with Crippen LogP contribution in [0.15, 0.2) is 47.6 Å². The Balaban J connectivity index is 0.00000420. The fourth-order valence-corrected chi connectivity index (χ4v) is 2.54. The van der Waals surface area contributed by atoms with Gasteiger partial charge in [0.2, 0.25) is 5.95 Å². The maximum absolute atomic E-state index is 12.7. The Hall–Kier alpha value is -2.11. The van der Waals surface area contributed by atoms with Crippen LogP contribution >= 0.6 is 24.0 Å². The number of hydrogen-bond acceptors (Lipinski definition) is 4. The minimum absolute atomic E-state index is 0. The zero-order valence-corrected chi connectivity index (χ0v) is 18.8. The molecule has 2 aromatic rings. The molecule has 3 N–H and O–H groups in total. The molecule has 29 heavy (non-hydrogen) atoms. The number of rotatable bonds is 7. The number of anilines is 1. The predicted octanol–water partition coefficient (Wildman–Crippen LogP) is 3.88. The van der Waals surface area contributed by atoms with Gasteiger partial charge in [0.15, 0.2) is 5.96 Å². The van der Waals surface area contributed by atoms with Crippen molar-refractivity contribution in [1.82, 2.24) is 20.6 Å². The minimum atomic E-state index is -4.49. The molecule has 0 aliphatic heterocycles. The normalized spacial score (nSPS) is 13.8. The van der Waals surface area contributed by atoms with E-state index >= 15 is 0 Å². The molecule has 0 spiro atoms. The first-order valence-electron chi connectivity index (χ1n) is 8.97. The summed E-state index contributed by atoms with van der Waals surface area (Å²) in [6.45, 7) is 4.97. The van der Waals surface area contributed by atoms with Gasteiger partial charge in [-0.1, -0.05) is 37.3 Å². The number of benzene rings is 1. The van der Waals surface area contributed by atoms with Crippen molar-refractivity contribution >= 4 is 35.9 Å². The smallest absolute Gasteiger partial charge is 0.355 e. The summed E-state index contributed by atoms with van der Waals surface area (Å²) >= 11 is 0. The highest BCUT2D eigenvalue weighted by molar-refractivity contribution is 14.0. The van der Waals surface area contributed by atoms with Crippen LogP contribution in [0, 0.1) is 0 Å². The van der Waals surface area contributed by atoms with Crippen molar-refractivity contribution < 1.29 is 13.2 Å². The van der Waals surface area contributed by atoms with E-state index in [9.17, 15) is 13.2 Å². The number of nitrogens with one attached hydrogen (secondary N) is 3. The van der Waals surface area contributed by atoms with Crippen molar-refractivity contribution in [2.75, 3.05) is 25.5 Å². The van der Waals surface area contributed by atoms with E-state index in [4.69, 9.17) is 0 Å². The SMILES string of the molecule is CN=C(NCCNc1nccc(C(F)(F)F)n1)NC(C)C(C)c1ccccc1.I. The highest BCUT2D eigenvalue weighted by Crippen LogP contribution is 2.27. The molecule has 1 heterocycles. The van der Waals surface area contributed by atoms with Crippen LogP contribution in [0.3, 0.4) is 0 Å². The number of nitrogens with zero attached hydrogens (tertiary/aromatic N) is 3. The van der Waals surface area contributed by atoms with Gasteiger partial charge in [-0.05, 0) is 18.6 Å². The van der Waals surface area contributed by atoms with Crippen LogP contribution in [0.1, 0.15) is 31.0 Å². The van der Waals surface area contributed by atoms with Gasteiger partial charge >= 0.3 is 6.18 Å². The van der Waals surface area contributed by atoms with Gasteiger partial charge in [0.1, 0.15) is 5.69 Å². The van der Waals surface area contributed by atoms with Gasteiger partial charge in [-0.2, -0.15) is 13.2 Å². The second kappa shape index (κ2) is 11.8. The molecule has 0 saturated heterocycles. The molecule has 1 aromatic carbocycles. The molecule has 0 aliphatic rings. The average Bonchev–Trinajstić information content (AvgIpc) is 2.69. The fraction of sp³-hybridized carbons (Fsp3) is 0.421. The Labute approximate surface area is 185 Å². The molecule has 2 rings (SSSR count). The van der Waals surface area contributed by atoms with Gasteiger partial charge in [0, 0.05) is 38.3 Å². The monoisotopic (exact) mass is 522 g/mol. The molecule has 0 radical (unpaired) electrons. The molecule has 0 saturated carbocycles. The lowest BCUT2D eigenvalue weighted by Gasteiger charge is -2.24. The number of aliphatic imine (C=N–C) groups is 1. The van der Waals surface area contributed by atoms with Crippen LogP contribution in [0.2, 0.25) is 0 Å². The zero-order valence-electron chi connectivity index (χ0n) is 16.5. The van der Waals surface area contributed by atoms with Crippen LogP contribution in [-0.2, 0) is 6.18 Å². The lowest BCUT2D eigenvalue weighted by atomic mass is 9.94. The zero-order chi connectivity index (χ0) is 20.6. The number of alkyl halides is 3. The van der Waals surface area contributed by atoms with Crippen LogP contribution in [-0.4, -0.2) is 42.1 Å². The summed E-state index contributed by atoms with van der Waals surface area (Å²) in [4.78, 5) is 11.4. The Morgan fingerprint density at radius 2 is 1.79 bits per heavy atom. The van der Waals surface area contributed by atoms with E-state index in [2.05, 4.69) is 56.9 Å². The lowest BCUT2D eigenvalue weighted by Crippen LogP contribution is -2.45. The summed E-state index contributed by atoms with van der Waals surface area (Å²) in [7, 11) is 1.67. The first-order valence-corrected chi connectivity index (χ1v) is 8.97. The molecule has 0 bridgehead atoms. The quantitative estimate of drug-likeness (QED) is 0.223. The van der Waals surface area contributed by atoms with Crippen molar-refractivity contribution in [3.8, 4) is 0 Å². The largest absolute Gasteiger partial charge is 0.433 e. The Morgan fingerprint density at radius 1 is 1.10 bits per heavy atom. The standard InChI is InChI=1S/C19H25F3N6.HI/c1-13(15-7-5-4-6-8-15)14(2)27-17(23-3)25-11-12-26-18-24-10-9-16(28-18)19(20,21)22;/h4-10,13-14H,11-12H2,1-3H3,(H2,23,25,27)(H,24,26,28);1H. The van der Waals surface area contributed by atoms with Crippen LogP contribution in [0.4, 0.5) is 19.1 Å². The maximum atomic E-state index is 12.7. The summed E-state index contributed by atoms with van der Waals surface area (Å²) in [5.41, 5.74) is 0.250. The van der Waals surface area contributed by atoms with Crippen molar-refractivity contribution in [3.05, 3.63) is 53.9 Å². The van der Waals surface area contributed by atoms with Gasteiger partial charge in [0.25, 0.3) is 0 Å². The summed E-state index contributed by atoms with van der Waals surface area (Å²) < 4.78 is 38.0. The molecule has 0 amide bonds. The van der Waals surface area contributed by atoms with E-state index in [0.717, 1.165) is 12.3 Å². The van der Waals surface area contributed by atoms with Gasteiger partial charge in [0.05, 0.1) is 0 Å². The second-order valence-electron chi connectivity index (χ2n) is 6.32. The van der Waals surface area contributed by atoms with Crippen molar-refractivity contribution in [1.29, 1.82) is 0 Å². The molecule has 0 fully saturated rings. The van der Waals surface area contributed by atoms with Crippen molar-refractivity contribution in [3.63, 3.8) is 0 Å². The van der Waals surface area contributed by atoms with E-state index in [-0.39, 0.29) is 41.9 Å². The molecule has 160 valence electrons. The summed E-state index contributed by atoms with van der Waals surface area (Å²) in [5.74, 6) is 0.823. The summed E-state index contributed by atoms with van der Waals surface area (Å²) in [5, 5.41) is 9.22. The maximum Gasteiger partial charge on any atom is 0.433 e. The van der Waals surface area contributed by atoms with Gasteiger partial charge in [-0.15, -0.1) is 24.0 Å². The highest BCUT2D eigenvalue weighted by Gasteiger charge is 2.32. The fourth-order valence-electron chi connectivity index (χ4n) is 2.54. The third-order valence-electron chi connectivity index (χ3n) is 4.31. The van der Waals surface area contributed by atoms with E-state index in [0.29, 0.717) is 19.0 Å². The topological polar surface area (TPSA) is 74.2 Å². The highest BCUT2D eigenvalue weighted by atomic mass is 127. The van der Waals surface area contributed by atoms with Crippen LogP contribution in [0.5, 0.6) is 0 Å². The van der Waals surface area contributed by atoms with E-state index in [1.54, 1.807) is 7.05 Å². The molecule has 2 atom stereocenters. The van der Waals surface area contributed by atoms with Gasteiger partial charge < -0.3 is 16.0 Å². The summed E-state index contributed by atoms with van der Waals surface area (Å²) in [6.07, 6.45) is -3.41. The second-order valence-corrected chi connectivity index (χ2v) is 6.32. The van der Waals surface area contributed by atoms with E-state index in [1.807, 2.05) is 18.2 Å². The molecule has 10 heteroatoms. The molecule has 0 aliphatic carbocycles. The Kier molecular flexibility index (Phi) is 10.1. The third kappa shape index (κ3) is 8.03. The number of hydrogen-bond donors (Lipinski definition) is 3. The summed E-state index contributed by atoms with van der Waals surface area (Å²) in [6, 6.07) is 11.1. The first-order chi connectivity index (χ1) is 13.3. The molecule has 2 unspecified atom stereocenters. The van der Waals surface area contributed by atoms with E-state index < -0.39 is 11.9 Å². The first kappa shape index (κ1) is 24.9. The number of guanidine groups is 1. The van der Waals surface area contributed by atoms with Crippen LogP contribution in [0.25, 0.3) is 0 Å². The molecule has 6 nitrogen and oxygen atoms in total. The predicted molar refractivity (Wildman–Crippen MR) is 120 cm³/mol. The third-order valence-corrected chi connectivity index (χ3v) is 4.31. The molecule has 1 aromatic heterocycles. The van der Waals surface area contributed by atoms with Crippen molar-refractivity contribution in [2.45, 2.75) is 32.0 Å². The Bertz CT molecular complexity index is 770. The minimum Gasteiger partial charge on any atom is -0.355 e. The molecular weight excluding hydrogens is 496 g/mol. The van der Waals surface area contributed by atoms with E-state index in [1.165, 1.54) is 5.56 Å². The Morgan fingerprint density at radius 3 is 2.41 bits per heavy atom.